The number of carboxylic acid groups (broad SMARTS) is 1. The Morgan fingerprint density at radius 1 is 0.947 bits per heavy atom. The lowest BCUT2D eigenvalue weighted by atomic mass is 9.44. The Bertz CT molecular complexity index is 820. The summed E-state index contributed by atoms with van der Waals surface area (Å²) >= 11 is 0. The maximum absolute atomic E-state index is 12.4. The van der Waals surface area contributed by atoms with Crippen molar-refractivity contribution in [3.8, 4) is 0 Å². The first-order chi connectivity index (χ1) is 18.3. The summed E-state index contributed by atoms with van der Waals surface area (Å²) in [6.07, 6.45) is 13.5. The normalized spacial score (nSPS) is 37.9. The molecule has 4 aliphatic rings. The number of fused-ring (bicyclic) bond motifs is 5. The molecule has 4 saturated carbocycles. The molecular weight excluding hydrogens is 486 g/mol. The summed E-state index contributed by atoms with van der Waals surface area (Å²) in [7, 11) is 0. The summed E-state index contributed by atoms with van der Waals surface area (Å²) in [5.74, 6) is 2.68. The van der Waals surface area contributed by atoms with E-state index in [1.807, 2.05) is 0 Å². The Kier molecular flexibility index (Phi) is 10.1. The van der Waals surface area contributed by atoms with E-state index in [4.69, 9.17) is 19.3 Å². The highest BCUT2D eigenvalue weighted by molar-refractivity contribution is 5.70. The zero-order chi connectivity index (χ0) is 27.2. The van der Waals surface area contributed by atoms with Gasteiger partial charge in [-0.15, -0.1) is 0 Å². The fourth-order valence-corrected chi connectivity index (χ4v) is 9.19. The molecule has 216 valence electrons. The van der Waals surface area contributed by atoms with Crippen LogP contribution in [0.25, 0.3) is 0 Å². The highest BCUT2D eigenvalue weighted by Gasteiger charge is 2.60. The van der Waals surface area contributed by atoms with Crippen LogP contribution in [0.2, 0.25) is 0 Å². The third kappa shape index (κ3) is 6.55. The van der Waals surface area contributed by atoms with Crippen LogP contribution in [0, 0.1) is 40.4 Å². The lowest BCUT2D eigenvalue weighted by Gasteiger charge is -2.61. The highest BCUT2D eigenvalue weighted by atomic mass is 16.6. The monoisotopic (exact) mass is 535 g/mol. The Hall–Kier alpha value is -1.67. The van der Waals surface area contributed by atoms with Crippen molar-refractivity contribution < 1.29 is 33.7 Å². The zero-order valence-corrected chi connectivity index (χ0v) is 23.5. The molecule has 8 nitrogen and oxygen atoms in total. The fourth-order valence-electron chi connectivity index (χ4n) is 9.19. The van der Waals surface area contributed by atoms with Gasteiger partial charge in [0.05, 0.1) is 19.8 Å². The van der Waals surface area contributed by atoms with Gasteiger partial charge in [-0.05, 0) is 111 Å². The second kappa shape index (κ2) is 13.1. The summed E-state index contributed by atoms with van der Waals surface area (Å²) in [6.45, 7) is 6.59. The third-order valence-electron chi connectivity index (χ3n) is 11.1. The minimum atomic E-state index is -0.667. The first-order valence-electron chi connectivity index (χ1n) is 15.0. The van der Waals surface area contributed by atoms with Crippen molar-refractivity contribution in [1.29, 1.82) is 0 Å². The molecule has 4 aliphatic carbocycles. The fraction of sp³-hybridized carbons (Fsp3) is 0.900. The quantitative estimate of drug-likeness (QED) is 0.190. The van der Waals surface area contributed by atoms with Gasteiger partial charge in [0.25, 0.3) is 0 Å². The number of esters is 1. The number of carboxylic acids is 1. The smallest absolute Gasteiger partial charge is 0.332 e. The van der Waals surface area contributed by atoms with E-state index in [0.717, 1.165) is 49.9 Å². The van der Waals surface area contributed by atoms with Crippen LogP contribution in [0.5, 0.6) is 0 Å². The molecule has 4 fully saturated rings. The van der Waals surface area contributed by atoms with Gasteiger partial charge in [0.2, 0.25) is 6.41 Å². The van der Waals surface area contributed by atoms with Gasteiger partial charge >= 0.3 is 11.9 Å². The van der Waals surface area contributed by atoms with E-state index in [1.165, 1.54) is 38.5 Å². The van der Waals surface area contributed by atoms with Crippen LogP contribution in [0.3, 0.4) is 0 Å². The molecule has 0 aliphatic heterocycles. The van der Waals surface area contributed by atoms with Gasteiger partial charge in [-0.25, -0.2) is 4.79 Å². The van der Waals surface area contributed by atoms with Crippen molar-refractivity contribution in [2.75, 3.05) is 33.0 Å². The van der Waals surface area contributed by atoms with E-state index >= 15 is 0 Å². The van der Waals surface area contributed by atoms with E-state index in [1.54, 1.807) is 0 Å². The second-order valence-electron chi connectivity index (χ2n) is 12.9. The predicted molar refractivity (Wildman–Crippen MR) is 142 cm³/mol. The minimum absolute atomic E-state index is 0.00894. The highest BCUT2D eigenvalue weighted by Crippen LogP contribution is 2.68. The molecule has 1 amide bonds. The minimum Gasteiger partial charge on any atom is -0.481 e. The number of carbonyl (C=O) groups excluding carboxylic acids is 2. The lowest BCUT2D eigenvalue weighted by molar-refractivity contribution is -0.167. The van der Waals surface area contributed by atoms with Crippen LogP contribution in [0.15, 0.2) is 0 Å². The number of aliphatic carboxylic acids is 1. The Balaban J connectivity index is 1.22. The SMILES string of the molecule is CC12CCC3C(CCC4CC(OC(=O)COCCOCCNC=O)CCC43C)C1CCC2CCCC(=O)O. The predicted octanol–water partition coefficient (Wildman–Crippen LogP) is 4.59. The Labute approximate surface area is 227 Å². The van der Waals surface area contributed by atoms with Gasteiger partial charge in [-0.3, -0.25) is 9.59 Å². The number of rotatable bonds is 14. The molecule has 0 radical (unpaired) electrons. The van der Waals surface area contributed by atoms with Gasteiger partial charge in [0.1, 0.15) is 12.7 Å². The topological polar surface area (TPSA) is 111 Å². The van der Waals surface area contributed by atoms with Crippen molar-refractivity contribution in [2.45, 2.75) is 97.0 Å². The van der Waals surface area contributed by atoms with Crippen molar-refractivity contribution >= 4 is 18.3 Å². The number of amides is 1. The molecule has 0 saturated heterocycles. The van der Waals surface area contributed by atoms with E-state index < -0.39 is 5.97 Å². The van der Waals surface area contributed by atoms with Crippen molar-refractivity contribution in [1.82, 2.24) is 5.32 Å². The van der Waals surface area contributed by atoms with Crippen LogP contribution in [-0.2, 0) is 28.6 Å². The van der Waals surface area contributed by atoms with Gasteiger partial charge in [-0.1, -0.05) is 13.8 Å². The number of carbonyl (C=O) groups is 3. The summed E-state index contributed by atoms with van der Waals surface area (Å²) in [5.41, 5.74) is 0.716. The number of nitrogens with one attached hydrogen (secondary N) is 1. The number of hydrogen-bond acceptors (Lipinski definition) is 6. The molecular formula is C30H49NO7. The van der Waals surface area contributed by atoms with Gasteiger partial charge in [-0.2, -0.15) is 0 Å². The van der Waals surface area contributed by atoms with Crippen molar-refractivity contribution in [3.05, 3.63) is 0 Å². The first-order valence-corrected chi connectivity index (χ1v) is 15.0. The summed E-state index contributed by atoms with van der Waals surface area (Å²) in [4.78, 5) is 33.6. The molecule has 0 spiro atoms. The van der Waals surface area contributed by atoms with E-state index in [2.05, 4.69) is 19.2 Å². The van der Waals surface area contributed by atoms with Crippen LogP contribution in [0.1, 0.15) is 90.9 Å². The summed E-state index contributed by atoms with van der Waals surface area (Å²) in [6, 6.07) is 0. The van der Waals surface area contributed by atoms with E-state index in [9.17, 15) is 14.4 Å². The van der Waals surface area contributed by atoms with E-state index in [0.29, 0.717) is 61.9 Å². The number of ether oxygens (including phenoxy) is 3. The average molecular weight is 536 g/mol. The first kappa shape index (κ1) is 29.3. The molecule has 4 rings (SSSR count). The summed E-state index contributed by atoms with van der Waals surface area (Å²) < 4.78 is 16.6. The molecule has 8 unspecified atom stereocenters. The molecule has 8 atom stereocenters. The molecule has 0 aromatic carbocycles. The molecule has 8 heteroatoms. The Morgan fingerprint density at radius 3 is 2.50 bits per heavy atom. The largest absolute Gasteiger partial charge is 0.481 e. The zero-order valence-electron chi connectivity index (χ0n) is 23.5. The van der Waals surface area contributed by atoms with Crippen molar-refractivity contribution in [3.63, 3.8) is 0 Å². The number of hydrogen-bond donors (Lipinski definition) is 2. The average Bonchev–Trinajstić information content (AvgIpc) is 3.22. The maximum atomic E-state index is 12.4. The molecule has 0 bridgehead atoms. The van der Waals surface area contributed by atoms with Crippen LogP contribution in [0.4, 0.5) is 0 Å². The van der Waals surface area contributed by atoms with E-state index in [-0.39, 0.29) is 18.7 Å². The molecule has 0 aromatic heterocycles. The Morgan fingerprint density at radius 2 is 1.71 bits per heavy atom. The standard InChI is InChI=1S/C30H49NO7/c1-29-13-11-26-24(25(29)9-7-21(29)4-3-5-27(33)34)8-6-22-18-23(10-12-30(22,26)2)38-28(35)19-37-17-16-36-15-14-31-20-32/h20-26H,3-19H2,1-2H3,(H,31,32)(H,33,34). The van der Waals surface area contributed by atoms with Crippen LogP contribution < -0.4 is 5.32 Å². The van der Waals surface area contributed by atoms with Crippen molar-refractivity contribution in [2.24, 2.45) is 40.4 Å². The molecule has 0 aromatic rings. The van der Waals surface area contributed by atoms with Gasteiger partial charge < -0.3 is 24.6 Å². The third-order valence-corrected chi connectivity index (χ3v) is 11.1. The molecule has 38 heavy (non-hydrogen) atoms. The molecule has 2 N–H and O–H groups in total. The van der Waals surface area contributed by atoms with Crippen LogP contribution in [-0.4, -0.2) is 62.5 Å². The lowest BCUT2D eigenvalue weighted by Crippen LogP contribution is -2.54. The molecule has 0 heterocycles. The second-order valence-corrected chi connectivity index (χ2v) is 12.9. The maximum Gasteiger partial charge on any atom is 0.332 e. The van der Waals surface area contributed by atoms with Gasteiger partial charge in [0.15, 0.2) is 0 Å². The summed E-state index contributed by atoms with van der Waals surface area (Å²) in [5, 5.41) is 11.6. The van der Waals surface area contributed by atoms with Crippen LogP contribution >= 0.6 is 0 Å². The van der Waals surface area contributed by atoms with Gasteiger partial charge in [0, 0.05) is 13.0 Å².